The molecule has 0 atom stereocenters. The summed E-state index contributed by atoms with van der Waals surface area (Å²) in [4.78, 5) is 9.94. The van der Waals surface area contributed by atoms with Crippen molar-refractivity contribution in [2.45, 2.75) is 0 Å². The van der Waals surface area contributed by atoms with Gasteiger partial charge in [0.2, 0.25) is 0 Å². The molecule has 3 aromatic rings. The Balaban J connectivity index is 2.08. The molecule has 2 N–H and O–H groups in total. The molecule has 3 aromatic heterocycles. The maximum atomic E-state index is 6.00. The van der Waals surface area contributed by atoms with Gasteiger partial charge in [-0.1, -0.05) is 23.5 Å². The van der Waals surface area contributed by atoms with Crippen LogP contribution in [0.25, 0.3) is 21.3 Å². The van der Waals surface area contributed by atoms with Crippen LogP contribution in [0.1, 0.15) is 0 Å². The number of nitrogen functional groups attached to an aromatic ring is 1. The maximum absolute atomic E-state index is 6.00. The molecule has 0 aliphatic carbocycles. The second kappa shape index (κ2) is 4.27. The van der Waals surface area contributed by atoms with Crippen LogP contribution >= 0.6 is 22.7 Å². The van der Waals surface area contributed by atoms with E-state index in [1.807, 2.05) is 35.7 Å². The van der Waals surface area contributed by atoms with Gasteiger partial charge in [-0.05, 0) is 23.6 Å². The fourth-order valence-electron chi connectivity index (χ4n) is 1.52. The predicted octanol–water partition coefficient (Wildman–Crippen LogP) is 3.52. The Labute approximate surface area is 107 Å². The quantitative estimate of drug-likeness (QED) is 0.766. The summed E-state index contributed by atoms with van der Waals surface area (Å²) < 4.78 is 0. The van der Waals surface area contributed by atoms with Crippen LogP contribution in [0.4, 0.5) is 5.00 Å². The van der Waals surface area contributed by atoms with Gasteiger partial charge >= 0.3 is 0 Å². The van der Waals surface area contributed by atoms with Crippen molar-refractivity contribution in [3.05, 3.63) is 41.9 Å². The fourth-order valence-corrected chi connectivity index (χ4v) is 3.14. The Morgan fingerprint density at radius 2 is 2.06 bits per heavy atom. The Bertz CT molecular complexity index is 615. The molecule has 0 bridgehead atoms. The number of nitrogens with zero attached hydrogens (tertiary/aromatic N) is 2. The van der Waals surface area contributed by atoms with Crippen LogP contribution in [0.2, 0.25) is 0 Å². The lowest BCUT2D eigenvalue weighted by atomic mass is 10.3. The molecule has 3 nitrogen and oxygen atoms in total. The smallest absolute Gasteiger partial charge is 0.144 e. The van der Waals surface area contributed by atoms with Crippen molar-refractivity contribution < 1.29 is 0 Å². The zero-order valence-electron chi connectivity index (χ0n) is 8.83. The standard InChI is InChI=1S/C12H9N3S2/c13-11-10(9-5-3-7-16-9)15-12(17-11)8-4-1-2-6-14-8/h1-7H,13H2. The van der Waals surface area contributed by atoms with Crippen LogP contribution in [0.5, 0.6) is 0 Å². The highest BCUT2D eigenvalue weighted by Gasteiger charge is 2.12. The van der Waals surface area contributed by atoms with E-state index in [-0.39, 0.29) is 0 Å². The number of pyridine rings is 1. The van der Waals surface area contributed by atoms with Crippen LogP contribution < -0.4 is 5.73 Å². The molecule has 0 aromatic carbocycles. The van der Waals surface area contributed by atoms with Gasteiger partial charge in [-0.2, -0.15) is 0 Å². The fraction of sp³-hybridized carbons (Fsp3) is 0. The third-order valence-corrected chi connectivity index (χ3v) is 4.08. The van der Waals surface area contributed by atoms with Gasteiger partial charge in [-0.15, -0.1) is 11.3 Å². The molecule has 0 fully saturated rings. The van der Waals surface area contributed by atoms with Crippen molar-refractivity contribution in [3.63, 3.8) is 0 Å². The number of hydrogen-bond acceptors (Lipinski definition) is 5. The largest absolute Gasteiger partial charge is 0.389 e. The Morgan fingerprint density at radius 1 is 1.12 bits per heavy atom. The van der Waals surface area contributed by atoms with E-state index in [1.54, 1.807) is 17.5 Å². The van der Waals surface area contributed by atoms with Crippen LogP contribution in [0.3, 0.4) is 0 Å². The zero-order valence-corrected chi connectivity index (χ0v) is 10.5. The number of thiazole rings is 1. The van der Waals surface area contributed by atoms with Gasteiger partial charge in [0, 0.05) is 6.20 Å². The lowest BCUT2D eigenvalue weighted by Gasteiger charge is -1.92. The lowest BCUT2D eigenvalue weighted by Crippen LogP contribution is -1.83. The monoisotopic (exact) mass is 259 g/mol. The van der Waals surface area contributed by atoms with Crippen molar-refractivity contribution in [2.24, 2.45) is 0 Å². The third kappa shape index (κ3) is 1.94. The molecule has 3 heterocycles. The molecule has 0 amide bonds. The van der Waals surface area contributed by atoms with Gasteiger partial charge in [0.15, 0.2) is 0 Å². The average Bonchev–Trinajstić information content (AvgIpc) is 2.99. The predicted molar refractivity (Wildman–Crippen MR) is 73.1 cm³/mol. The van der Waals surface area contributed by atoms with E-state index in [9.17, 15) is 0 Å². The molecule has 17 heavy (non-hydrogen) atoms. The molecular formula is C12H9N3S2. The lowest BCUT2D eigenvalue weighted by molar-refractivity contribution is 1.30. The van der Waals surface area contributed by atoms with E-state index in [4.69, 9.17) is 5.73 Å². The number of rotatable bonds is 2. The Morgan fingerprint density at radius 3 is 2.76 bits per heavy atom. The first-order valence-electron chi connectivity index (χ1n) is 5.06. The van der Waals surface area contributed by atoms with Crippen LogP contribution in [-0.2, 0) is 0 Å². The summed E-state index contributed by atoms with van der Waals surface area (Å²) in [5, 5.41) is 3.63. The first-order valence-corrected chi connectivity index (χ1v) is 6.76. The number of thiophene rings is 1. The number of nitrogens with two attached hydrogens (primary N) is 1. The topological polar surface area (TPSA) is 51.8 Å². The van der Waals surface area contributed by atoms with E-state index >= 15 is 0 Å². The first kappa shape index (κ1) is 10.4. The van der Waals surface area contributed by atoms with Crippen LogP contribution in [0.15, 0.2) is 41.9 Å². The first-order chi connectivity index (χ1) is 8.34. The summed E-state index contributed by atoms with van der Waals surface area (Å²) in [7, 11) is 0. The number of anilines is 1. The van der Waals surface area contributed by atoms with E-state index in [0.29, 0.717) is 0 Å². The van der Waals surface area contributed by atoms with Gasteiger partial charge < -0.3 is 5.73 Å². The Hall–Kier alpha value is -1.72. The second-order valence-electron chi connectivity index (χ2n) is 3.42. The van der Waals surface area contributed by atoms with Gasteiger partial charge in [0.25, 0.3) is 0 Å². The minimum Gasteiger partial charge on any atom is -0.389 e. The summed E-state index contributed by atoms with van der Waals surface area (Å²) >= 11 is 3.12. The van der Waals surface area contributed by atoms with Crippen molar-refractivity contribution in [1.82, 2.24) is 9.97 Å². The highest BCUT2D eigenvalue weighted by atomic mass is 32.1. The normalized spacial score (nSPS) is 10.6. The highest BCUT2D eigenvalue weighted by Crippen LogP contribution is 2.36. The molecule has 3 rings (SSSR count). The molecule has 0 unspecified atom stereocenters. The van der Waals surface area contributed by atoms with E-state index in [2.05, 4.69) is 9.97 Å². The van der Waals surface area contributed by atoms with Crippen LogP contribution in [0, 0.1) is 0 Å². The molecule has 0 aliphatic heterocycles. The second-order valence-corrected chi connectivity index (χ2v) is 5.40. The molecule has 5 heteroatoms. The van der Waals surface area contributed by atoms with E-state index < -0.39 is 0 Å². The summed E-state index contributed by atoms with van der Waals surface area (Å²) in [6, 6.07) is 9.80. The van der Waals surface area contributed by atoms with Gasteiger partial charge in [0.05, 0.1) is 10.6 Å². The average molecular weight is 259 g/mol. The third-order valence-electron chi connectivity index (χ3n) is 2.29. The minimum atomic E-state index is 0.744. The maximum Gasteiger partial charge on any atom is 0.144 e. The number of aromatic nitrogens is 2. The minimum absolute atomic E-state index is 0.744. The summed E-state index contributed by atoms with van der Waals surface area (Å²) in [6.45, 7) is 0. The molecule has 0 saturated heterocycles. The SMILES string of the molecule is Nc1sc(-c2ccccn2)nc1-c1cccs1. The molecule has 0 saturated carbocycles. The van der Waals surface area contributed by atoms with Gasteiger partial charge in [-0.25, -0.2) is 4.98 Å². The summed E-state index contributed by atoms with van der Waals surface area (Å²) in [5.41, 5.74) is 7.74. The van der Waals surface area contributed by atoms with E-state index in [0.717, 1.165) is 26.3 Å². The van der Waals surface area contributed by atoms with Crippen molar-refractivity contribution in [3.8, 4) is 21.3 Å². The molecule has 0 spiro atoms. The van der Waals surface area contributed by atoms with E-state index in [1.165, 1.54) is 11.3 Å². The van der Waals surface area contributed by atoms with Gasteiger partial charge in [-0.3, -0.25) is 4.98 Å². The molecule has 0 aliphatic rings. The van der Waals surface area contributed by atoms with Gasteiger partial charge in [0.1, 0.15) is 15.7 Å². The molecular weight excluding hydrogens is 250 g/mol. The Kier molecular flexibility index (Phi) is 2.62. The van der Waals surface area contributed by atoms with Crippen molar-refractivity contribution in [2.75, 3.05) is 5.73 Å². The number of hydrogen-bond donors (Lipinski definition) is 1. The zero-order chi connectivity index (χ0) is 11.7. The molecule has 0 radical (unpaired) electrons. The van der Waals surface area contributed by atoms with Crippen LogP contribution in [-0.4, -0.2) is 9.97 Å². The summed E-state index contributed by atoms with van der Waals surface area (Å²) in [5.74, 6) is 0. The van der Waals surface area contributed by atoms with Crippen molar-refractivity contribution >= 4 is 27.7 Å². The molecule has 84 valence electrons. The highest BCUT2D eigenvalue weighted by molar-refractivity contribution is 7.20. The van der Waals surface area contributed by atoms with Crippen molar-refractivity contribution in [1.29, 1.82) is 0 Å². The summed E-state index contributed by atoms with van der Waals surface area (Å²) in [6.07, 6.45) is 1.76.